The van der Waals surface area contributed by atoms with Gasteiger partial charge in [-0.3, -0.25) is 4.90 Å². The van der Waals surface area contributed by atoms with Crippen molar-refractivity contribution in [2.45, 2.75) is 6.42 Å². The molecule has 2 heterocycles. The zero-order valence-electron chi connectivity index (χ0n) is 9.65. The lowest BCUT2D eigenvalue weighted by atomic mass is 10.3. The van der Waals surface area contributed by atoms with E-state index >= 15 is 0 Å². The summed E-state index contributed by atoms with van der Waals surface area (Å²) < 4.78 is 5.32. The number of thiophene rings is 1. The molecule has 90 valence electrons. The Balaban J connectivity index is 1.48. The molecule has 0 atom stereocenters. The molecule has 1 aliphatic rings. The van der Waals surface area contributed by atoms with Crippen LogP contribution in [0.2, 0.25) is 0 Å². The Kier molecular flexibility index (Phi) is 5.28. The van der Waals surface area contributed by atoms with E-state index in [0.717, 1.165) is 52.4 Å². The van der Waals surface area contributed by atoms with Crippen LogP contribution in [0, 0.1) is 0 Å². The van der Waals surface area contributed by atoms with Crippen LogP contribution < -0.4 is 5.32 Å². The molecule has 2 rings (SSSR count). The van der Waals surface area contributed by atoms with Gasteiger partial charge in [-0.15, -0.1) is 11.3 Å². The molecule has 0 saturated carbocycles. The summed E-state index contributed by atoms with van der Waals surface area (Å²) in [6.07, 6.45) is 1.15. The van der Waals surface area contributed by atoms with Gasteiger partial charge in [-0.2, -0.15) is 0 Å². The lowest BCUT2D eigenvalue weighted by Gasteiger charge is -2.26. The van der Waals surface area contributed by atoms with Crippen LogP contribution in [0.25, 0.3) is 0 Å². The molecule has 4 heteroatoms. The van der Waals surface area contributed by atoms with Gasteiger partial charge >= 0.3 is 0 Å². The lowest BCUT2D eigenvalue weighted by molar-refractivity contribution is 0.0385. The summed E-state index contributed by atoms with van der Waals surface area (Å²) in [6.45, 7) is 7.30. The van der Waals surface area contributed by atoms with Crippen LogP contribution in [0.1, 0.15) is 4.88 Å². The Morgan fingerprint density at radius 3 is 2.94 bits per heavy atom. The molecule has 0 unspecified atom stereocenters. The van der Waals surface area contributed by atoms with Crippen molar-refractivity contribution in [1.82, 2.24) is 10.2 Å². The Morgan fingerprint density at radius 1 is 1.31 bits per heavy atom. The molecule has 0 spiro atoms. The largest absolute Gasteiger partial charge is 0.379 e. The van der Waals surface area contributed by atoms with Gasteiger partial charge in [0.05, 0.1) is 13.2 Å². The molecule has 1 saturated heterocycles. The van der Waals surface area contributed by atoms with Crippen LogP contribution in [0.4, 0.5) is 0 Å². The highest BCUT2D eigenvalue weighted by Crippen LogP contribution is 2.07. The first-order valence-electron chi connectivity index (χ1n) is 5.98. The Morgan fingerprint density at radius 2 is 2.19 bits per heavy atom. The Hall–Kier alpha value is -0.420. The third kappa shape index (κ3) is 4.22. The number of rotatable bonds is 6. The third-order valence-corrected chi connectivity index (χ3v) is 3.77. The van der Waals surface area contributed by atoms with Crippen molar-refractivity contribution in [3.05, 3.63) is 22.4 Å². The van der Waals surface area contributed by atoms with Gasteiger partial charge in [0, 0.05) is 37.6 Å². The van der Waals surface area contributed by atoms with E-state index in [4.69, 9.17) is 4.74 Å². The maximum absolute atomic E-state index is 5.32. The van der Waals surface area contributed by atoms with E-state index in [1.165, 1.54) is 4.88 Å². The lowest BCUT2D eigenvalue weighted by Crippen LogP contribution is -2.40. The maximum Gasteiger partial charge on any atom is 0.0594 e. The van der Waals surface area contributed by atoms with Crippen molar-refractivity contribution in [2.24, 2.45) is 0 Å². The van der Waals surface area contributed by atoms with Gasteiger partial charge in [-0.1, -0.05) is 6.07 Å². The van der Waals surface area contributed by atoms with E-state index in [2.05, 4.69) is 27.7 Å². The highest BCUT2D eigenvalue weighted by atomic mass is 32.1. The molecular weight excluding hydrogens is 220 g/mol. The van der Waals surface area contributed by atoms with Gasteiger partial charge in [-0.05, 0) is 17.9 Å². The van der Waals surface area contributed by atoms with Gasteiger partial charge in [-0.25, -0.2) is 0 Å². The number of nitrogens with one attached hydrogen (secondary N) is 1. The molecule has 0 amide bonds. The normalized spacial score (nSPS) is 17.8. The van der Waals surface area contributed by atoms with Crippen molar-refractivity contribution >= 4 is 11.3 Å². The summed E-state index contributed by atoms with van der Waals surface area (Å²) in [6, 6.07) is 4.32. The molecule has 1 aromatic heterocycles. The summed E-state index contributed by atoms with van der Waals surface area (Å²) in [4.78, 5) is 3.93. The number of ether oxygens (including phenoxy) is 1. The topological polar surface area (TPSA) is 24.5 Å². The molecule has 0 aromatic carbocycles. The molecule has 0 aliphatic carbocycles. The fourth-order valence-corrected chi connectivity index (χ4v) is 2.56. The first-order chi connectivity index (χ1) is 7.95. The van der Waals surface area contributed by atoms with Crippen LogP contribution in [-0.2, 0) is 11.2 Å². The minimum absolute atomic E-state index is 0.898. The average molecular weight is 240 g/mol. The van der Waals surface area contributed by atoms with Crippen molar-refractivity contribution < 1.29 is 4.74 Å². The number of nitrogens with zero attached hydrogens (tertiary/aromatic N) is 1. The number of hydrogen-bond acceptors (Lipinski definition) is 4. The monoisotopic (exact) mass is 240 g/mol. The summed E-state index contributed by atoms with van der Waals surface area (Å²) in [5, 5.41) is 5.64. The summed E-state index contributed by atoms with van der Waals surface area (Å²) in [5.74, 6) is 0. The molecule has 1 aromatic rings. The van der Waals surface area contributed by atoms with Crippen molar-refractivity contribution in [2.75, 3.05) is 45.9 Å². The standard InChI is InChI=1S/C12H20N2OS/c1-2-12(16-11-1)3-4-13-5-6-14-7-9-15-10-8-14/h1-2,11,13H,3-10H2. The van der Waals surface area contributed by atoms with Gasteiger partial charge in [0.15, 0.2) is 0 Å². The Bertz CT molecular complexity index is 271. The summed E-state index contributed by atoms with van der Waals surface area (Å²) >= 11 is 1.84. The van der Waals surface area contributed by atoms with Crippen molar-refractivity contribution in [3.8, 4) is 0 Å². The van der Waals surface area contributed by atoms with E-state index in [9.17, 15) is 0 Å². The van der Waals surface area contributed by atoms with E-state index in [1.807, 2.05) is 11.3 Å². The molecule has 16 heavy (non-hydrogen) atoms. The quantitative estimate of drug-likeness (QED) is 0.757. The van der Waals surface area contributed by atoms with E-state index < -0.39 is 0 Å². The first-order valence-corrected chi connectivity index (χ1v) is 6.86. The summed E-state index contributed by atoms with van der Waals surface area (Å²) in [5.41, 5.74) is 0. The zero-order valence-corrected chi connectivity index (χ0v) is 10.5. The van der Waals surface area contributed by atoms with Gasteiger partial charge < -0.3 is 10.1 Å². The van der Waals surface area contributed by atoms with E-state index in [1.54, 1.807) is 0 Å². The Labute approximate surface area is 101 Å². The number of hydrogen-bond donors (Lipinski definition) is 1. The number of morpholine rings is 1. The predicted octanol–water partition coefficient (Wildman–Crippen LogP) is 1.21. The van der Waals surface area contributed by atoms with Crippen LogP contribution in [0.15, 0.2) is 17.5 Å². The highest BCUT2D eigenvalue weighted by molar-refractivity contribution is 7.09. The second kappa shape index (κ2) is 7.01. The second-order valence-electron chi connectivity index (χ2n) is 4.03. The highest BCUT2D eigenvalue weighted by Gasteiger charge is 2.08. The minimum Gasteiger partial charge on any atom is -0.379 e. The van der Waals surface area contributed by atoms with Gasteiger partial charge in [0.1, 0.15) is 0 Å². The third-order valence-electron chi connectivity index (χ3n) is 2.84. The van der Waals surface area contributed by atoms with E-state index in [-0.39, 0.29) is 0 Å². The second-order valence-corrected chi connectivity index (χ2v) is 5.07. The maximum atomic E-state index is 5.32. The smallest absolute Gasteiger partial charge is 0.0594 e. The average Bonchev–Trinajstić information content (AvgIpc) is 2.83. The molecule has 1 N–H and O–H groups in total. The molecule has 1 fully saturated rings. The molecular formula is C12H20N2OS. The predicted molar refractivity (Wildman–Crippen MR) is 68.2 cm³/mol. The fourth-order valence-electron chi connectivity index (χ4n) is 1.85. The first kappa shape index (κ1) is 12.0. The van der Waals surface area contributed by atoms with Crippen molar-refractivity contribution in [3.63, 3.8) is 0 Å². The fraction of sp³-hybridized carbons (Fsp3) is 0.667. The van der Waals surface area contributed by atoms with E-state index in [0.29, 0.717) is 0 Å². The SMILES string of the molecule is c1csc(CCNCCN2CCOCC2)c1. The van der Waals surface area contributed by atoms with Gasteiger partial charge in [0.25, 0.3) is 0 Å². The molecule has 3 nitrogen and oxygen atoms in total. The molecule has 1 aliphatic heterocycles. The van der Waals surface area contributed by atoms with Crippen LogP contribution in [-0.4, -0.2) is 50.8 Å². The molecule has 0 radical (unpaired) electrons. The van der Waals surface area contributed by atoms with Crippen LogP contribution in [0.5, 0.6) is 0 Å². The minimum atomic E-state index is 0.898. The van der Waals surface area contributed by atoms with Crippen molar-refractivity contribution in [1.29, 1.82) is 0 Å². The van der Waals surface area contributed by atoms with Crippen LogP contribution >= 0.6 is 11.3 Å². The van der Waals surface area contributed by atoms with Gasteiger partial charge in [0.2, 0.25) is 0 Å². The van der Waals surface area contributed by atoms with Crippen LogP contribution in [0.3, 0.4) is 0 Å². The zero-order chi connectivity index (χ0) is 11.1. The summed E-state index contributed by atoms with van der Waals surface area (Å²) in [7, 11) is 0. The molecule has 0 bridgehead atoms.